The van der Waals surface area contributed by atoms with Crippen molar-refractivity contribution in [1.29, 1.82) is 0 Å². The van der Waals surface area contributed by atoms with Crippen LogP contribution in [0, 0.1) is 17.8 Å². The molecule has 1 heterocycles. The predicted octanol–water partition coefficient (Wildman–Crippen LogP) is 1.76. The number of nitrogens with zero attached hydrogens (tertiary/aromatic N) is 1. The van der Waals surface area contributed by atoms with E-state index in [2.05, 4.69) is 18.8 Å². The van der Waals surface area contributed by atoms with Crippen LogP contribution in [-0.4, -0.2) is 23.9 Å². The van der Waals surface area contributed by atoms with E-state index in [9.17, 15) is 4.79 Å². The molecular formula is C16H20N2O. The van der Waals surface area contributed by atoms with Gasteiger partial charge in [-0.2, -0.15) is 0 Å². The van der Waals surface area contributed by atoms with Crippen LogP contribution in [0.2, 0.25) is 0 Å². The summed E-state index contributed by atoms with van der Waals surface area (Å²) < 4.78 is 0. The Labute approximate surface area is 114 Å². The molecule has 1 amide bonds. The first kappa shape index (κ1) is 13.6. The van der Waals surface area contributed by atoms with Crippen LogP contribution >= 0.6 is 0 Å². The Morgan fingerprint density at radius 1 is 1.47 bits per heavy atom. The van der Waals surface area contributed by atoms with E-state index in [1.165, 1.54) is 0 Å². The Morgan fingerprint density at radius 3 is 3.00 bits per heavy atom. The highest BCUT2D eigenvalue weighted by Gasteiger charge is 2.27. The Bertz CT molecular complexity index is 513. The molecule has 0 bridgehead atoms. The van der Waals surface area contributed by atoms with Gasteiger partial charge in [0.1, 0.15) is 0 Å². The van der Waals surface area contributed by atoms with Gasteiger partial charge in [-0.3, -0.25) is 4.79 Å². The summed E-state index contributed by atoms with van der Waals surface area (Å²) in [6, 6.07) is 8.02. The predicted molar refractivity (Wildman–Crippen MR) is 76.2 cm³/mol. The second-order valence-electron chi connectivity index (χ2n) is 4.96. The summed E-state index contributed by atoms with van der Waals surface area (Å²) in [6.07, 6.45) is 1.77. The molecule has 1 saturated heterocycles. The SMILES string of the molecule is CCC1CC(=O)N(Cc2cccc(C#CCN)c2)C1. The highest BCUT2D eigenvalue weighted by Crippen LogP contribution is 2.22. The molecular weight excluding hydrogens is 236 g/mol. The van der Waals surface area contributed by atoms with E-state index in [1.54, 1.807) is 0 Å². The van der Waals surface area contributed by atoms with Crippen LogP contribution in [0.5, 0.6) is 0 Å². The minimum Gasteiger partial charge on any atom is -0.338 e. The van der Waals surface area contributed by atoms with E-state index in [0.717, 1.165) is 24.1 Å². The molecule has 0 radical (unpaired) electrons. The van der Waals surface area contributed by atoms with Crippen molar-refractivity contribution in [2.45, 2.75) is 26.3 Å². The van der Waals surface area contributed by atoms with Gasteiger partial charge in [0.05, 0.1) is 6.54 Å². The van der Waals surface area contributed by atoms with Crippen LogP contribution in [0.3, 0.4) is 0 Å². The van der Waals surface area contributed by atoms with E-state index >= 15 is 0 Å². The van der Waals surface area contributed by atoms with Crippen LogP contribution in [-0.2, 0) is 11.3 Å². The molecule has 1 aliphatic heterocycles. The highest BCUT2D eigenvalue weighted by molar-refractivity contribution is 5.78. The van der Waals surface area contributed by atoms with E-state index in [4.69, 9.17) is 5.73 Å². The minimum absolute atomic E-state index is 0.269. The number of benzene rings is 1. The molecule has 1 aromatic carbocycles. The molecule has 1 atom stereocenters. The fourth-order valence-corrected chi connectivity index (χ4v) is 2.40. The normalized spacial score (nSPS) is 18.3. The van der Waals surface area contributed by atoms with Crippen LogP contribution in [0.4, 0.5) is 0 Å². The Balaban J connectivity index is 2.05. The zero-order valence-corrected chi connectivity index (χ0v) is 11.4. The van der Waals surface area contributed by atoms with Crippen molar-refractivity contribution in [2.24, 2.45) is 11.7 Å². The summed E-state index contributed by atoms with van der Waals surface area (Å²) in [5.41, 5.74) is 7.46. The molecule has 0 aromatic heterocycles. The number of carbonyl (C=O) groups excluding carboxylic acids is 1. The first-order valence-electron chi connectivity index (χ1n) is 6.78. The maximum atomic E-state index is 11.9. The lowest BCUT2D eigenvalue weighted by Crippen LogP contribution is -2.24. The van der Waals surface area contributed by atoms with Gasteiger partial charge < -0.3 is 10.6 Å². The quantitative estimate of drug-likeness (QED) is 0.838. The van der Waals surface area contributed by atoms with Crippen LogP contribution in [0.15, 0.2) is 24.3 Å². The standard InChI is InChI=1S/C16H20N2O/c1-2-13-10-16(19)18(11-13)12-15-6-3-5-14(9-15)7-4-8-17/h3,5-6,9,13H,2,8,10-12,17H2,1H3. The lowest BCUT2D eigenvalue weighted by atomic mass is 10.1. The molecule has 1 fully saturated rings. The molecule has 0 spiro atoms. The summed E-state index contributed by atoms with van der Waals surface area (Å²) in [4.78, 5) is 13.8. The Hall–Kier alpha value is -1.79. The zero-order valence-electron chi connectivity index (χ0n) is 11.4. The summed E-state index contributed by atoms with van der Waals surface area (Å²) in [5, 5.41) is 0. The van der Waals surface area contributed by atoms with Gasteiger partial charge >= 0.3 is 0 Å². The number of hydrogen-bond acceptors (Lipinski definition) is 2. The van der Waals surface area contributed by atoms with Crippen LogP contribution in [0.25, 0.3) is 0 Å². The lowest BCUT2D eigenvalue weighted by Gasteiger charge is -2.16. The molecule has 3 heteroatoms. The Morgan fingerprint density at radius 2 is 2.32 bits per heavy atom. The number of nitrogens with two attached hydrogens (primary N) is 1. The maximum Gasteiger partial charge on any atom is 0.223 e. The lowest BCUT2D eigenvalue weighted by molar-refractivity contribution is -0.128. The number of carbonyl (C=O) groups is 1. The highest BCUT2D eigenvalue weighted by atomic mass is 16.2. The molecule has 0 aliphatic carbocycles. The molecule has 2 rings (SSSR count). The first-order chi connectivity index (χ1) is 9.22. The van der Waals surface area contributed by atoms with Gasteiger partial charge in [-0.25, -0.2) is 0 Å². The smallest absolute Gasteiger partial charge is 0.223 e. The maximum absolute atomic E-state index is 11.9. The van der Waals surface area contributed by atoms with Crippen molar-refractivity contribution in [2.75, 3.05) is 13.1 Å². The fraction of sp³-hybridized carbons (Fsp3) is 0.438. The van der Waals surface area contributed by atoms with E-state index in [0.29, 0.717) is 25.4 Å². The molecule has 1 unspecified atom stereocenters. The third-order valence-electron chi connectivity index (χ3n) is 3.51. The van der Waals surface area contributed by atoms with E-state index in [1.807, 2.05) is 29.2 Å². The molecule has 100 valence electrons. The van der Waals surface area contributed by atoms with Crippen molar-refractivity contribution in [3.8, 4) is 11.8 Å². The molecule has 3 nitrogen and oxygen atoms in total. The van der Waals surface area contributed by atoms with Crippen molar-refractivity contribution in [1.82, 2.24) is 4.90 Å². The summed E-state index contributed by atoms with van der Waals surface area (Å²) in [5.74, 6) is 6.66. The molecule has 1 aromatic rings. The van der Waals surface area contributed by atoms with Gasteiger partial charge in [-0.1, -0.05) is 37.3 Å². The van der Waals surface area contributed by atoms with Gasteiger partial charge in [-0.05, 0) is 23.6 Å². The third-order valence-corrected chi connectivity index (χ3v) is 3.51. The second kappa shape index (κ2) is 6.40. The fourth-order valence-electron chi connectivity index (χ4n) is 2.40. The van der Waals surface area contributed by atoms with Gasteiger partial charge in [0.25, 0.3) is 0 Å². The van der Waals surface area contributed by atoms with Crippen molar-refractivity contribution in [3.63, 3.8) is 0 Å². The molecule has 19 heavy (non-hydrogen) atoms. The summed E-state index contributed by atoms with van der Waals surface area (Å²) in [6.45, 7) is 4.08. The van der Waals surface area contributed by atoms with Crippen molar-refractivity contribution < 1.29 is 4.79 Å². The van der Waals surface area contributed by atoms with Gasteiger partial charge in [0.15, 0.2) is 0 Å². The molecule has 0 saturated carbocycles. The molecule has 1 aliphatic rings. The van der Waals surface area contributed by atoms with Crippen LogP contribution < -0.4 is 5.73 Å². The number of amides is 1. The minimum atomic E-state index is 0.269. The monoisotopic (exact) mass is 256 g/mol. The average Bonchev–Trinajstić information content (AvgIpc) is 2.77. The zero-order chi connectivity index (χ0) is 13.7. The van der Waals surface area contributed by atoms with Gasteiger partial charge in [0.2, 0.25) is 5.91 Å². The van der Waals surface area contributed by atoms with Gasteiger partial charge in [0, 0.05) is 25.1 Å². The average molecular weight is 256 g/mol. The number of hydrogen-bond donors (Lipinski definition) is 1. The van der Waals surface area contributed by atoms with Gasteiger partial charge in [-0.15, -0.1) is 0 Å². The van der Waals surface area contributed by atoms with Crippen molar-refractivity contribution in [3.05, 3.63) is 35.4 Å². The topological polar surface area (TPSA) is 46.3 Å². The molecule has 2 N–H and O–H groups in total. The summed E-state index contributed by atoms with van der Waals surface area (Å²) in [7, 11) is 0. The van der Waals surface area contributed by atoms with E-state index < -0.39 is 0 Å². The number of rotatable bonds is 3. The summed E-state index contributed by atoms with van der Waals surface area (Å²) >= 11 is 0. The second-order valence-corrected chi connectivity index (χ2v) is 4.96. The largest absolute Gasteiger partial charge is 0.338 e. The number of likely N-dealkylation sites (tertiary alicyclic amines) is 1. The first-order valence-corrected chi connectivity index (χ1v) is 6.78. The van der Waals surface area contributed by atoms with E-state index in [-0.39, 0.29) is 5.91 Å². The van der Waals surface area contributed by atoms with Crippen molar-refractivity contribution >= 4 is 5.91 Å². The van der Waals surface area contributed by atoms with Crippen LogP contribution in [0.1, 0.15) is 30.9 Å². The third kappa shape index (κ3) is 3.59. The Kier molecular flexibility index (Phi) is 4.59.